The van der Waals surface area contributed by atoms with Crippen LogP contribution in [0.3, 0.4) is 0 Å². The lowest BCUT2D eigenvalue weighted by atomic mass is 9.32. The van der Waals surface area contributed by atoms with Crippen molar-refractivity contribution < 1.29 is 0 Å². The standard InChI is InChI=1S/C42H48B2/c1-25-17-29(5)39(30(6)18-25)43(40-31(7)19-26(2)20-32(40)8)37-13-15-38(16-14-37)44(41-33(9)21-27(3)22-34(41)10)42-35(11)23-28(4)24-36(42)12/h13-24H,1-12H3. The highest BCUT2D eigenvalue weighted by Crippen LogP contribution is 2.15. The second-order valence-electron chi connectivity index (χ2n) is 13.8. The second kappa shape index (κ2) is 12.3. The molecule has 0 aromatic heterocycles. The summed E-state index contributed by atoms with van der Waals surface area (Å²) < 4.78 is 0. The molecule has 5 rings (SSSR count). The molecule has 0 saturated heterocycles. The first kappa shape index (κ1) is 31.6. The first-order valence-corrected chi connectivity index (χ1v) is 16.2. The molecule has 0 aliphatic rings. The normalized spacial score (nSPS) is 11.2. The van der Waals surface area contributed by atoms with Gasteiger partial charge in [-0.3, -0.25) is 0 Å². The lowest BCUT2D eigenvalue weighted by Gasteiger charge is -2.26. The number of benzene rings is 5. The largest absolute Gasteiger partial charge is 0.242 e. The van der Waals surface area contributed by atoms with Crippen molar-refractivity contribution in [2.24, 2.45) is 0 Å². The highest BCUT2D eigenvalue weighted by Gasteiger charge is 2.31. The van der Waals surface area contributed by atoms with Crippen molar-refractivity contribution in [2.75, 3.05) is 0 Å². The lowest BCUT2D eigenvalue weighted by Crippen LogP contribution is -2.58. The zero-order valence-corrected chi connectivity index (χ0v) is 29.1. The zero-order chi connectivity index (χ0) is 32.0. The Morgan fingerprint density at radius 2 is 0.432 bits per heavy atom. The molecule has 0 unspecified atom stereocenters. The van der Waals surface area contributed by atoms with Crippen molar-refractivity contribution in [1.82, 2.24) is 0 Å². The van der Waals surface area contributed by atoms with Gasteiger partial charge in [-0.15, -0.1) is 0 Å². The monoisotopic (exact) mass is 574 g/mol. The molecule has 222 valence electrons. The van der Waals surface area contributed by atoms with E-state index in [4.69, 9.17) is 0 Å². The van der Waals surface area contributed by atoms with E-state index in [2.05, 4.69) is 156 Å². The van der Waals surface area contributed by atoms with Crippen LogP contribution in [0.15, 0.2) is 72.8 Å². The van der Waals surface area contributed by atoms with Crippen molar-refractivity contribution in [3.05, 3.63) is 140 Å². The van der Waals surface area contributed by atoms with E-state index in [9.17, 15) is 0 Å². The van der Waals surface area contributed by atoms with Crippen LogP contribution in [0.25, 0.3) is 0 Å². The van der Waals surface area contributed by atoms with Gasteiger partial charge in [0.25, 0.3) is 0 Å². The van der Waals surface area contributed by atoms with Crippen LogP contribution >= 0.6 is 0 Å². The SMILES string of the molecule is Cc1cc(C)c(B(c2ccc(B(c3c(C)cc(C)cc3C)c3c(C)cc(C)cc3C)cc2)c2c(C)cc(C)cc2C)c(C)c1. The van der Waals surface area contributed by atoms with Gasteiger partial charge >= 0.3 is 0 Å². The van der Waals surface area contributed by atoms with E-state index in [1.807, 2.05) is 0 Å². The Labute approximate surface area is 268 Å². The maximum atomic E-state index is 2.42. The molecular formula is C42H48B2. The summed E-state index contributed by atoms with van der Waals surface area (Å²) in [6, 6.07) is 28.5. The topological polar surface area (TPSA) is 0 Å². The van der Waals surface area contributed by atoms with Crippen molar-refractivity contribution in [3.63, 3.8) is 0 Å². The third kappa shape index (κ3) is 5.97. The summed E-state index contributed by atoms with van der Waals surface area (Å²) in [7, 11) is 0. The minimum absolute atomic E-state index is 0.175. The number of hydrogen-bond acceptors (Lipinski definition) is 0. The van der Waals surface area contributed by atoms with E-state index in [1.54, 1.807) is 0 Å². The summed E-state index contributed by atoms with van der Waals surface area (Å²) in [6.45, 7) is 27.5. The molecule has 0 N–H and O–H groups in total. The molecule has 0 radical (unpaired) electrons. The van der Waals surface area contributed by atoms with Gasteiger partial charge in [0.2, 0.25) is 13.4 Å². The van der Waals surface area contributed by atoms with Crippen LogP contribution in [0.4, 0.5) is 0 Å². The Balaban J connectivity index is 1.76. The van der Waals surface area contributed by atoms with Gasteiger partial charge in [-0.05, 0) is 83.1 Å². The zero-order valence-electron chi connectivity index (χ0n) is 29.1. The summed E-state index contributed by atoms with van der Waals surface area (Å²) in [4.78, 5) is 0. The fourth-order valence-electron chi connectivity index (χ4n) is 8.42. The Kier molecular flexibility index (Phi) is 8.86. The molecule has 0 nitrogen and oxygen atoms in total. The highest BCUT2D eigenvalue weighted by atomic mass is 14.1. The molecule has 2 heteroatoms. The molecule has 0 saturated carbocycles. The predicted octanol–water partition coefficient (Wildman–Crippen LogP) is 6.42. The van der Waals surface area contributed by atoms with Gasteiger partial charge in [0.05, 0.1) is 0 Å². The molecule has 0 spiro atoms. The Bertz CT molecular complexity index is 1530. The van der Waals surface area contributed by atoms with Crippen molar-refractivity contribution >= 4 is 46.2 Å². The van der Waals surface area contributed by atoms with E-state index in [0.717, 1.165) is 0 Å². The third-order valence-corrected chi connectivity index (χ3v) is 9.71. The molecule has 5 aromatic carbocycles. The van der Waals surface area contributed by atoms with Gasteiger partial charge in [-0.1, -0.05) is 172 Å². The fourth-order valence-corrected chi connectivity index (χ4v) is 8.42. The first-order valence-electron chi connectivity index (χ1n) is 16.2. The molecular weight excluding hydrogens is 526 g/mol. The van der Waals surface area contributed by atoms with Gasteiger partial charge < -0.3 is 0 Å². The van der Waals surface area contributed by atoms with Gasteiger partial charge in [0.1, 0.15) is 0 Å². The molecule has 0 aliphatic carbocycles. The maximum Gasteiger partial charge on any atom is 0.242 e. The van der Waals surface area contributed by atoms with Crippen molar-refractivity contribution in [1.29, 1.82) is 0 Å². The Morgan fingerprint density at radius 1 is 0.273 bits per heavy atom. The van der Waals surface area contributed by atoms with Gasteiger partial charge in [-0.2, -0.15) is 0 Å². The third-order valence-electron chi connectivity index (χ3n) is 9.71. The maximum absolute atomic E-state index is 2.42. The van der Waals surface area contributed by atoms with E-state index in [-0.39, 0.29) is 13.4 Å². The molecule has 0 aliphatic heterocycles. The number of rotatable bonds is 6. The lowest BCUT2D eigenvalue weighted by molar-refractivity contribution is 1.34. The summed E-state index contributed by atoms with van der Waals surface area (Å²) in [6.07, 6.45) is 0. The van der Waals surface area contributed by atoms with Crippen molar-refractivity contribution in [3.8, 4) is 0 Å². The van der Waals surface area contributed by atoms with Gasteiger partial charge in [0, 0.05) is 0 Å². The van der Waals surface area contributed by atoms with Crippen LogP contribution in [0.5, 0.6) is 0 Å². The van der Waals surface area contributed by atoms with Gasteiger partial charge in [-0.25, -0.2) is 0 Å². The minimum Gasteiger partial charge on any atom is -0.0687 e. The van der Waals surface area contributed by atoms with Crippen molar-refractivity contribution in [2.45, 2.75) is 83.1 Å². The van der Waals surface area contributed by atoms with Crippen LogP contribution in [0.2, 0.25) is 0 Å². The van der Waals surface area contributed by atoms with E-state index >= 15 is 0 Å². The average molecular weight is 574 g/mol. The average Bonchev–Trinajstić information content (AvgIpc) is 2.89. The summed E-state index contributed by atoms with van der Waals surface area (Å²) in [5.41, 5.74) is 24.7. The molecule has 0 bridgehead atoms. The Morgan fingerprint density at radius 3 is 0.591 bits per heavy atom. The molecule has 0 atom stereocenters. The quantitative estimate of drug-likeness (QED) is 0.206. The summed E-state index contributed by atoms with van der Waals surface area (Å²) >= 11 is 0. The second-order valence-corrected chi connectivity index (χ2v) is 13.8. The van der Waals surface area contributed by atoms with Gasteiger partial charge in [0.15, 0.2) is 0 Å². The molecule has 5 aromatic rings. The molecule has 0 amide bonds. The number of aryl methyl sites for hydroxylation is 12. The predicted molar refractivity (Wildman–Crippen MR) is 198 cm³/mol. The Hall–Kier alpha value is -3.77. The smallest absolute Gasteiger partial charge is 0.0687 e. The highest BCUT2D eigenvalue weighted by molar-refractivity contribution is 6.98. The van der Waals surface area contributed by atoms with E-state index in [0.29, 0.717) is 0 Å². The summed E-state index contributed by atoms with van der Waals surface area (Å²) in [5, 5.41) is 0. The molecule has 44 heavy (non-hydrogen) atoms. The van der Waals surface area contributed by atoms with Crippen LogP contribution in [-0.4, -0.2) is 13.4 Å². The minimum atomic E-state index is 0.175. The molecule has 0 fully saturated rings. The van der Waals surface area contributed by atoms with E-state index < -0.39 is 0 Å². The van der Waals surface area contributed by atoms with Crippen LogP contribution in [-0.2, 0) is 0 Å². The van der Waals surface area contributed by atoms with Crippen LogP contribution in [0.1, 0.15) is 66.8 Å². The fraction of sp³-hybridized carbons (Fsp3) is 0.286. The van der Waals surface area contributed by atoms with Crippen LogP contribution < -0.4 is 32.8 Å². The van der Waals surface area contributed by atoms with E-state index in [1.165, 1.54) is 99.5 Å². The summed E-state index contributed by atoms with van der Waals surface area (Å²) in [5.74, 6) is 0. The first-order chi connectivity index (χ1) is 20.8. The molecule has 0 heterocycles. The van der Waals surface area contributed by atoms with Crippen LogP contribution in [0, 0.1) is 83.1 Å². The number of hydrogen-bond donors (Lipinski definition) is 0.